The van der Waals surface area contributed by atoms with Gasteiger partial charge in [-0.1, -0.05) is 12.1 Å². The SMILES string of the molecule is CCOC(=O)C1=C(C)N(C(C)OCC)C(c2ccc(OC)cc2)N1. The molecule has 0 bridgehead atoms. The number of hydrogen-bond donors (Lipinski definition) is 1. The first kappa shape index (κ1) is 18.1. The lowest BCUT2D eigenvalue weighted by Gasteiger charge is -2.33. The molecule has 2 atom stereocenters. The minimum absolute atomic E-state index is 0.179. The predicted octanol–water partition coefficient (Wildman–Crippen LogP) is 2.78. The van der Waals surface area contributed by atoms with Crippen LogP contribution in [0.25, 0.3) is 0 Å². The summed E-state index contributed by atoms with van der Waals surface area (Å²) in [6.45, 7) is 8.55. The average Bonchev–Trinajstić information content (AvgIpc) is 2.93. The second-order valence-corrected chi connectivity index (χ2v) is 5.46. The van der Waals surface area contributed by atoms with Crippen LogP contribution in [-0.2, 0) is 14.3 Å². The highest BCUT2D eigenvalue weighted by Gasteiger charge is 2.36. The van der Waals surface area contributed by atoms with E-state index in [1.54, 1.807) is 14.0 Å². The van der Waals surface area contributed by atoms with E-state index >= 15 is 0 Å². The van der Waals surface area contributed by atoms with E-state index in [4.69, 9.17) is 14.2 Å². The fraction of sp³-hybridized carbons (Fsp3) is 0.500. The first-order valence-corrected chi connectivity index (χ1v) is 8.21. The molecule has 1 aliphatic rings. The molecule has 1 N–H and O–H groups in total. The number of methoxy groups -OCH3 is 1. The van der Waals surface area contributed by atoms with Gasteiger partial charge >= 0.3 is 5.97 Å². The lowest BCUT2D eigenvalue weighted by molar-refractivity contribution is -0.138. The number of carbonyl (C=O) groups is 1. The van der Waals surface area contributed by atoms with Crippen molar-refractivity contribution in [1.29, 1.82) is 0 Å². The van der Waals surface area contributed by atoms with Crippen molar-refractivity contribution in [1.82, 2.24) is 10.2 Å². The summed E-state index contributed by atoms with van der Waals surface area (Å²) < 4.78 is 16.1. The summed E-state index contributed by atoms with van der Waals surface area (Å²) in [5.74, 6) is 0.441. The van der Waals surface area contributed by atoms with Gasteiger partial charge in [-0.2, -0.15) is 0 Å². The van der Waals surface area contributed by atoms with Gasteiger partial charge in [0.25, 0.3) is 0 Å². The molecule has 24 heavy (non-hydrogen) atoms. The number of hydrogen-bond acceptors (Lipinski definition) is 6. The van der Waals surface area contributed by atoms with Crippen LogP contribution in [0.15, 0.2) is 35.7 Å². The fourth-order valence-corrected chi connectivity index (χ4v) is 2.88. The molecular weight excluding hydrogens is 308 g/mol. The maximum atomic E-state index is 12.2. The third-order valence-electron chi connectivity index (χ3n) is 4.02. The normalized spacial score (nSPS) is 18.4. The summed E-state index contributed by atoms with van der Waals surface area (Å²) in [7, 11) is 1.64. The molecule has 0 aliphatic carbocycles. The second kappa shape index (κ2) is 8.06. The van der Waals surface area contributed by atoms with E-state index in [0.29, 0.717) is 18.9 Å². The van der Waals surface area contributed by atoms with E-state index < -0.39 is 0 Å². The highest BCUT2D eigenvalue weighted by molar-refractivity contribution is 5.89. The average molecular weight is 334 g/mol. The summed E-state index contributed by atoms with van der Waals surface area (Å²) in [5, 5.41) is 3.28. The molecular formula is C18H26N2O4. The molecule has 1 aromatic carbocycles. The Morgan fingerprint density at radius 3 is 2.46 bits per heavy atom. The first-order valence-electron chi connectivity index (χ1n) is 8.21. The number of allylic oxidation sites excluding steroid dienone is 1. The Morgan fingerprint density at radius 1 is 1.25 bits per heavy atom. The first-order chi connectivity index (χ1) is 11.5. The Labute approximate surface area is 143 Å². The number of benzene rings is 1. The van der Waals surface area contributed by atoms with Crippen molar-refractivity contribution >= 4 is 5.97 Å². The van der Waals surface area contributed by atoms with Gasteiger partial charge in [0.05, 0.1) is 13.7 Å². The van der Waals surface area contributed by atoms with Crippen molar-refractivity contribution in [2.45, 2.75) is 40.1 Å². The zero-order valence-corrected chi connectivity index (χ0v) is 15.0. The Bertz CT molecular complexity index is 598. The molecule has 1 aliphatic heterocycles. The number of ether oxygens (including phenoxy) is 3. The standard InChI is InChI=1S/C18H26N2O4/c1-6-23-13(4)20-12(3)16(18(21)24-7-2)19-17(20)14-8-10-15(22-5)11-9-14/h8-11,13,17,19H,6-7H2,1-5H3. The van der Waals surface area contributed by atoms with Crippen LogP contribution in [0.1, 0.15) is 39.4 Å². The van der Waals surface area contributed by atoms with E-state index in [2.05, 4.69) is 10.2 Å². The minimum Gasteiger partial charge on any atom is -0.497 e. The van der Waals surface area contributed by atoms with Gasteiger partial charge in [-0.3, -0.25) is 0 Å². The van der Waals surface area contributed by atoms with Crippen LogP contribution >= 0.6 is 0 Å². The van der Waals surface area contributed by atoms with Gasteiger partial charge in [-0.05, 0) is 45.4 Å². The molecule has 132 valence electrons. The Hall–Kier alpha value is -2.21. The van der Waals surface area contributed by atoms with E-state index in [9.17, 15) is 4.79 Å². The van der Waals surface area contributed by atoms with Crippen molar-refractivity contribution in [3.63, 3.8) is 0 Å². The van der Waals surface area contributed by atoms with Gasteiger partial charge in [0.2, 0.25) is 0 Å². The molecule has 0 fully saturated rings. The summed E-state index contributed by atoms with van der Waals surface area (Å²) in [6.07, 6.45) is -0.376. The van der Waals surface area contributed by atoms with Crippen LogP contribution in [0.4, 0.5) is 0 Å². The number of esters is 1. The van der Waals surface area contributed by atoms with Crippen molar-refractivity contribution in [2.75, 3.05) is 20.3 Å². The van der Waals surface area contributed by atoms with E-state index in [0.717, 1.165) is 17.0 Å². The van der Waals surface area contributed by atoms with Gasteiger partial charge in [0.1, 0.15) is 23.8 Å². The molecule has 2 unspecified atom stereocenters. The fourth-order valence-electron chi connectivity index (χ4n) is 2.88. The van der Waals surface area contributed by atoms with Crippen molar-refractivity contribution in [3.05, 3.63) is 41.2 Å². The lowest BCUT2D eigenvalue weighted by atomic mass is 10.1. The van der Waals surface area contributed by atoms with Crippen LogP contribution in [0.5, 0.6) is 5.75 Å². The molecule has 1 aromatic rings. The third kappa shape index (κ3) is 3.64. The van der Waals surface area contributed by atoms with Crippen LogP contribution in [-0.4, -0.2) is 37.4 Å². The highest BCUT2D eigenvalue weighted by atomic mass is 16.5. The molecule has 6 nitrogen and oxygen atoms in total. The third-order valence-corrected chi connectivity index (χ3v) is 4.02. The molecule has 1 heterocycles. The topological polar surface area (TPSA) is 60.0 Å². The molecule has 0 aromatic heterocycles. The Balaban J connectivity index is 2.33. The van der Waals surface area contributed by atoms with Crippen molar-refractivity contribution in [2.24, 2.45) is 0 Å². The Morgan fingerprint density at radius 2 is 1.92 bits per heavy atom. The summed E-state index contributed by atoms with van der Waals surface area (Å²) >= 11 is 0. The number of nitrogens with one attached hydrogen (secondary N) is 1. The molecule has 0 amide bonds. The zero-order chi connectivity index (χ0) is 17.7. The Kier molecular flexibility index (Phi) is 6.09. The van der Waals surface area contributed by atoms with E-state index in [1.807, 2.05) is 45.0 Å². The van der Waals surface area contributed by atoms with Gasteiger partial charge < -0.3 is 24.4 Å². The van der Waals surface area contributed by atoms with Crippen LogP contribution in [0.3, 0.4) is 0 Å². The molecule has 0 radical (unpaired) electrons. The van der Waals surface area contributed by atoms with Crippen molar-refractivity contribution in [3.8, 4) is 5.75 Å². The zero-order valence-electron chi connectivity index (χ0n) is 15.0. The second-order valence-electron chi connectivity index (χ2n) is 5.46. The van der Waals surface area contributed by atoms with Crippen LogP contribution in [0, 0.1) is 0 Å². The number of nitrogens with zero attached hydrogens (tertiary/aromatic N) is 1. The largest absolute Gasteiger partial charge is 0.497 e. The summed E-state index contributed by atoms with van der Waals surface area (Å²) in [5.41, 5.74) is 2.31. The van der Waals surface area contributed by atoms with Gasteiger partial charge in [0.15, 0.2) is 0 Å². The number of rotatable bonds is 7. The molecule has 2 rings (SSSR count). The number of carbonyl (C=O) groups excluding carboxylic acids is 1. The molecule has 0 saturated carbocycles. The predicted molar refractivity (Wildman–Crippen MR) is 91.1 cm³/mol. The smallest absolute Gasteiger partial charge is 0.356 e. The summed E-state index contributed by atoms with van der Waals surface area (Å²) in [4.78, 5) is 14.3. The maximum Gasteiger partial charge on any atom is 0.356 e. The van der Waals surface area contributed by atoms with E-state index in [1.165, 1.54) is 0 Å². The van der Waals surface area contributed by atoms with Gasteiger partial charge in [0, 0.05) is 12.3 Å². The van der Waals surface area contributed by atoms with Gasteiger partial charge in [-0.15, -0.1) is 0 Å². The summed E-state index contributed by atoms with van der Waals surface area (Å²) in [6, 6.07) is 7.75. The maximum absolute atomic E-state index is 12.2. The van der Waals surface area contributed by atoms with Crippen LogP contribution in [0.2, 0.25) is 0 Å². The minimum atomic E-state index is -0.347. The van der Waals surface area contributed by atoms with Gasteiger partial charge in [-0.25, -0.2) is 4.79 Å². The van der Waals surface area contributed by atoms with Crippen LogP contribution < -0.4 is 10.1 Å². The molecule has 0 spiro atoms. The van der Waals surface area contributed by atoms with Crippen molar-refractivity contribution < 1.29 is 19.0 Å². The molecule has 6 heteroatoms. The lowest BCUT2D eigenvalue weighted by Crippen LogP contribution is -2.37. The highest BCUT2D eigenvalue weighted by Crippen LogP contribution is 2.34. The monoisotopic (exact) mass is 334 g/mol. The quantitative estimate of drug-likeness (QED) is 0.774. The molecule has 0 saturated heterocycles. The van der Waals surface area contributed by atoms with E-state index in [-0.39, 0.29) is 18.4 Å².